The van der Waals surface area contributed by atoms with E-state index in [-0.39, 0.29) is 0 Å². The van der Waals surface area contributed by atoms with Gasteiger partial charge in [-0.1, -0.05) is 13.8 Å². The van der Waals surface area contributed by atoms with Gasteiger partial charge in [-0.3, -0.25) is 4.68 Å². The lowest BCUT2D eigenvalue weighted by atomic mass is 10.1. The molecule has 0 aliphatic heterocycles. The molecule has 15 heavy (non-hydrogen) atoms. The zero-order valence-electron chi connectivity index (χ0n) is 10.1. The second-order valence-corrected chi connectivity index (χ2v) is 5.01. The summed E-state index contributed by atoms with van der Waals surface area (Å²) in [6, 6.07) is 0.598. The highest BCUT2D eigenvalue weighted by molar-refractivity contribution is 5.27. The topological polar surface area (TPSA) is 29.9 Å². The van der Waals surface area contributed by atoms with Crippen LogP contribution in [0.15, 0.2) is 6.20 Å². The number of rotatable bonds is 4. The Hall–Kier alpha value is -0.830. The molecule has 1 aliphatic carbocycles. The first-order valence-electron chi connectivity index (χ1n) is 5.81. The zero-order valence-corrected chi connectivity index (χ0v) is 10.1. The van der Waals surface area contributed by atoms with Crippen molar-refractivity contribution in [3.05, 3.63) is 17.5 Å². The van der Waals surface area contributed by atoms with Crippen LogP contribution >= 0.6 is 0 Å². The van der Waals surface area contributed by atoms with E-state index >= 15 is 0 Å². The Morgan fingerprint density at radius 3 is 2.87 bits per heavy atom. The van der Waals surface area contributed by atoms with Crippen LogP contribution in [0.25, 0.3) is 0 Å². The van der Waals surface area contributed by atoms with Gasteiger partial charge in [0.1, 0.15) is 0 Å². The first kappa shape index (κ1) is 10.7. The lowest BCUT2D eigenvalue weighted by molar-refractivity contribution is 0.554. The summed E-state index contributed by atoms with van der Waals surface area (Å²) in [6.45, 7) is 7.66. The highest BCUT2D eigenvalue weighted by Gasteiger charge is 2.39. The molecule has 0 saturated heterocycles. The van der Waals surface area contributed by atoms with Gasteiger partial charge in [-0.25, -0.2) is 0 Å². The fourth-order valence-electron chi connectivity index (χ4n) is 2.22. The number of hydrogen-bond acceptors (Lipinski definition) is 2. The molecule has 1 aromatic heterocycles. The van der Waals surface area contributed by atoms with Gasteiger partial charge in [0.15, 0.2) is 0 Å². The molecule has 1 heterocycles. The lowest BCUT2D eigenvalue weighted by Gasteiger charge is -2.06. The van der Waals surface area contributed by atoms with Crippen molar-refractivity contribution in [2.75, 3.05) is 6.54 Å². The maximum atomic E-state index is 4.40. The molecule has 0 aromatic carbocycles. The molecule has 0 amide bonds. The third-order valence-electron chi connectivity index (χ3n) is 3.16. The number of hydrogen-bond donors (Lipinski definition) is 1. The summed E-state index contributed by atoms with van der Waals surface area (Å²) in [7, 11) is 2.00. The van der Waals surface area contributed by atoms with E-state index in [2.05, 4.69) is 37.4 Å². The van der Waals surface area contributed by atoms with Crippen molar-refractivity contribution in [1.29, 1.82) is 0 Å². The second-order valence-electron chi connectivity index (χ2n) is 5.01. The van der Waals surface area contributed by atoms with Crippen molar-refractivity contribution in [3.63, 3.8) is 0 Å². The van der Waals surface area contributed by atoms with Crippen molar-refractivity contribution in [2.45, 2.75) is 39.2 Å². The van der Waals surface area contributed by atoms with E-state index in [1.54, 1.807) is 0 Å². The fraction of sp³-hybridized carbons (Fsp3) is 0.750. The molecule has 2 unspecified atom stereocenters. The van der Waals surface area contributed by atoms with E-state index in [1.807, 2.05) is 11.7 Å². The molecular weight excluding hydrogens is 186 g/mol. The Balaban J connectivity index is 1.90. The molecule has 2 atom stereocenters. The Kier molecular flexibility index (Phi) is 2.83. The molecule has 84 valence electrons. The minimum Gasteiger partial charge on any atom is -0.314 e. The maximum Gasteiger partial charge on any atom is 0.0628 e. The van der Waals surface area contributed by atoms with Crippen LogP contribution in [-0.2, 0) is 7.05 Å². The van der Waals surface area contributed by atoms with Crippen molar-refractivity contribution >= 4 is 0 Å². The highest BCUT2D eigenvalue weighted by Crippen LogP contribution is 2.47. The molecule has 3 heteroatoms. The zero-order chi connectivity index (χ0) is 11.0. The standard InChI is InChI=1S/C12H21N3/c1-8(2)13-6-10-5-11(10)12-7-15(4)14-9(12)3/h7-8,10-11,13H,5-6H2,1-4H3. The van der Waals surface area contributed by atoms with Gasteiger partial charge in [-0.2, -0.15) is 5.10 Å². The van der Waals surface area contributed by atoms with Crippen molar-refractivity contribution < 1.29 is 0 Å². The third-order valence-corrected chi connectivity index (χ3v) is 3.16. The van der Waals surface area contributed by atoms with E-state index in [0.717, 1.165) is 18.4 Å². The van der Waals surface area contributed by atoms with E-state index in [9.17, 15) is 0 Å². The third kappa shape index (κ3) is 2.40. The minimum atomic E-state index is 0.598. The van der Waals surface area contributed by atoms with Gasteiger partial charge in [0.05, 0.1) is 5.69 Å². The second kappa shape index (κ2) is 3.97. The summed E-state index contributed by atoms with van der Waals surface area (Å²) in [4.78, 5) is 0. The van der Waals surface area contributed by atoms with Gasteiger partial charge >= 0.3 is 0 Å². The summed E-state index contributed by atoms with van der Waals surface area (Å²) >= 11 is 0. The molecule has 1 aliphatic rings. The van der Waals surface area contributed by atoms with E-state index in [1.165, 1.54) is 17.7 Å². The van der Waals surface area contributed by atoms with Crippen molar-refractivity contribution in [2.24, 2.45) is 13.0 Å². The quantitative estimate of drug-likeness (QED) is 0.816. The highest BCUT2D eigenvalue weighted by atomic mass is 15.2. The smallest absolute Gasteiger partial charge is 0.0628 e. The van der Waals surface area contributed by atoms with Gasteiger partial charge in [0.2, 0.25) is 0 Å². The number of nitrogens with zero attached hydrogens (tertiary/aromatic N) is 2. The molecule has 1 fully saturated rings. The van der Waals surface area contributed by atoms with E-state index in [0.29, 0.717) is 6.04 Å². The van der Waals surface area contributed by atoms with Gasteiger partial charge < -0.3 is 5.32 Å². The molecule has 0 spiro atoms. The van der Waals surface area contributed by atoms with Crippen LogP contribution in [-0.4, -0.2) is 22.4 Å². The number of aromatic nitrogens is 2. The van der Waals surface area contributed by atoms with Crippen LogP contribution in [0.1, 0.15) is 37.4 Å². The summed E-state index contributed by atoms with van der Waals surface area (Å²) < 4.78 is 1.93. The van der Waals surface area contributed by atoms with Gasteiger partial charge in [-0.15, -0.1) is 0 Å². The van der Waals surface area contributed by atoms with Crippen LogP contribution in [0.5, 0.6) is 0 Å². The normalized spacial score (nSPS) is 24.9. The molecule has 3 nitrogen and oxygen atoms in total. The molecule has 1 saturated carbocycles. The monoisotopic (exact) mass is 207 g/mol. The largest absolute Gasteiger partial charge is 0.314 e. The average Bonchev–Trinajstić information content (AvgIpc) is 2.83. The van der Waals surface area contributed by atoms with Gasteiger partial charge in [0.25, 0.3) is 0 Å². The first-order chi connectivity index (χ1) is 7.08. The Bertz CT molecular complexity index is 341. The van der Waals surface area contributed by atoms with Crippen LogP contribution in [0.4, 0.5) is 0 Å². The first-order valence-corrected chi connectivity index (χ1v) is 5.81. The molecule has 0 bridgehead atoms. The molecule has 1 aromatic rings. The van der Waals surface area contributed by atoms with Gasteiger partial charge in [-0.05, 0) is 37.3 Å². The summed E-state index contributed by atoms with van der Waals surface area (Å²) in [6.07, 6.45) is 3.50. The van der Waals surface area contributed by atoms with E-state index < -0.39 is 0 Å². The minimum absolute atomic E-state index is 0.598. The summed E-state index contributed by atoms with van der Waals surface area (Å²) in [5.74, 6) is 1.58. The van der Waals surface area contributed by atoms with Crippen molar-refractivity contribution in [1.82, 2.24) is 15.1 Å². The molecule has 0 radical (unpaired) electrons. The molecule has 1 N–H and O–H groups in total. The van der Waals surface area contributed by atoms with Crippen LogP contribution in [0, 0.1) is 12.8 Å². The Morgan fingerprint density at radius 1 is 1.60 bits per heavy atom. The predicted octanol–water partition coefficient (Wildman–Crippen LogP) is 1.83. The predicted molar refractivity (Wildman–Crippen MR) is 61.9 cm³/mol. The van der Waals surface area contributed by atoms with E-state index in [4.69, 9.17) is 0 Å². The molecule has 2 rings (SSSR count). The average molecular weight is 207 g/mol. The summed E-state index contributed by atoms with van der Waals surface area (Å²) in [5, 5.41) is 7.90. The SMILES string of the molecule is Cc1nn(C)cc1C1CC1CNC(C)C. The fourth-order valence-corrected chi connectivity index (χ4v) is 2.22. The lowest BCUT2D eigenvalue weighted by Crippen LogP contribution is -2.25. The van der Waals surface area contributed by atoms with Gasteiger partial charge in [0, 0.05) is 19.3 Å². The number of nitrogens with one attached hydrogen (secondary N) is 1. The summed E-state index contributed by atoms with van der Waals surface area (Å²) in [5.41, 5.74) is 2.66. The maximum absolute atomic E-state index is 4.40. The van der Waals surface area contributed by atoms with Crippen molar-refractivity contribution in [3.8, 4) is 0 Å². The van der Waals surface area contributed by atoms with Crippen LogP contribution in [0.2, 0.25) is 0 Å². The Morgan fingerprint density at radius 2 is 2.33 bits per heavy atom. The van der Waals surface area contributed by atoms with Crippen LogP contribution < -0.4 is 5.32 Å². The Labute approximate surface area is 91.9 Å². The molecular formula is C12H21N3. The van der Waals surface area contributed by atoms with Crippen LogP contribution in [0.3, 0.4) is 0 Å². The number of aryl methyl sites for hydroxylation is 2.